The molecule has 3 aromatic rings. The SMILES string of the molecule is CN=C(NCCc1ccco1)NCc1sc(-c2ccccc2)nc1C.I. The Balaban J connectivity index is 0.00000243. The lowest BCUT2D eigenvalue weighted by Gasteiger charge is -2.10. The van der Waals surface area contributed by atoms with Gasteiger partial charge in [-0.25, -0.2) is 4.98 Å². The number of aryl methyl sites for hydroxylation is 1. The zero-order chi connectivity index (χ0) is 17.5. The van der Waals surface area contributed by atoms with Crippen molar-refractivity contribution in [2.45, 2.75) is 19.9 Å². The molecule has 0 fully saturated rings. The van der Waals surface area contributed by atoms with E-state index in [1.54, 1.807) is 24.6 Å². The van der Waals surface area contributed by atoms with E-state index in [9.17, 15) is 0 Å². The Morgan fingerprint density at radius 3 is 2.65 bits per heavy atom. The third kappa shape index (κ3) is 5.57. The average molecular weight is 482 g/mol. The van der Waals surface area contributed by atoms with Crippen molar-refractivity contribution in [3.8, 4) is 10.6 Å². The van der Waals surface area contributed by atoms with Crippen LogP contribution in [0.2, 0.25) is 0 Å². The first-order valence-corrected chi connectivity index (χ1v) is 9.06. The van der Waals surface area contributed by atoms with Crippen molar-refractivity contribution >= 4 is 41.3 Å². The van der Waals surface area contributed by atoms with Gasteiger partial charge in [0.15, 0.2) is 5.96 Å². The Labute approximate surface area is 175 Å². The van der Waals surface area contributed by atoms with Crippen molar-refractivity contribution in [1.29, 1.82) is 0 Å². The number of aliphatic imine (C=N–C) groups is 1. The standard InChI is InChI=1S/C19H22N4OS.HI/c1-14-17(25-18(23-14)15-7-4-3-5-8-15)13-22-19(20-2)21-11-10-16-9-6-12-24-16;/h3-9,12H,10-11,13H2,1-2H3,(H2,20,21,22);1H. The van der Waals surface area contributed by atoms with E-state index in [0.717, 1.165) is 41.0 Å². The number of nitrogens with one attached hydrogen (secondary N) is 2. The molecular weight excluding hydrogens is 459 g/mol. The maximum atomic E-state index is 5.33. The zero-order valence-corrected chi connectivity index (χ0v) is 18.0. The number of aromatic nitrogens is 1. The summed E-state index contributed by atoms with van der Waals surface area (Å²) in [5, 5.41) is 7.70. The molecule has 138 valence electrons. The molecule has 7 heteroatoms. The lowest BCUT2D eigenvalue weighted by molar-refractivity contribution is 0.507. The summed E-state index contributed by atoms with van der Waals surface area (Å²) < 4.78 is 5.33. The second-order valence-electron chi connectivity index (χ2n) is 5.58. The lowest BCUT2D eigenvalue weighted by atomic mass is 10.2. The molecule has 26 heavy (non-hydrogen) atoms. The van der Waals surface area contributed by atoms with Crippen LogP contribution in [0, 0.1) is 6.92 Å². The molecule has 0 aliphatic carbocycles. The molecule has 0 spiro atoms. The highest BCUT2D eigenvalue weighted by atomic mass is 127. The molecule has 2 heterocycles. The number of benzene rings is 1. The Kier molecular flexibility index (Phi) is 8.11. The van der Waals surface area contributed by atoms with Gasteiger partial charge in [-0.05, 0) is 19.1 Å². The Morgan fingerprint density at radius 2 is 1.96 bits per heavy atom. The van der Waals surface area contributed by atoms with Crippen LogP contribution in [-0.4, -0.2) is 24.5 Å². The van der Waals surface area contributed by atoms with E-state index in [1.165, 1.54) is 4.88 Å². The van der Waals surface area contributed by atoms with Gasteiger partial charge in [0.2, 0.25) is 0 Å². The number of rotatable bonds is 6. The smallest absolute Gasteiger partial charge is 0.191 e. The molecule has 2 aromatic heterocycles. The van der Waals surface area contributed by atoms with Crippen LogP contribution in [0.1, 0.15) is 16.3 Å². The minimum Gasteiger partial charge on any atom is -0.469 e. The zero-order valence-electron chi connectivity index (χ0n) is 14.9. The molecule has 0 atom stereocenters. The number of hydrogen-bond acceptors (Lipinski definition) is 4. The van der Waals surface area contributed by atoms with Gasteiger partial charge >= 0.3 is 0 Å². The molecule has 0 unspecified atom stereocenters. The fourth-order valence-corrected chi connectivity index (χ4v) is 3.45. The molecule has 3 rings (SSSR count). The van der Waals surface area contributed by atoms with Crippen molar-refractivity contribution in [3.63, 3.8) is 0 Å². The summed E-state index contributed by atoms with van der Waals surface area (Å²) in [6, 6.07) is 14.1. The summed E-state index contributed by atoms with van der Waals surface area (Å²) in [5.74, 6) is 1.74. The first kappa shape index (κ1) is 20.4. The molecule has 0 amide bonds. The Bertz CT molecular complexity index is 815. The predicted molar refractivity (Wildman–Crippen MR) is 118 cm³/mol. The fourth-order valence-electron chi connectivity index (χ4n) is 2.44. The van der Waals surface area contributed by atoms with E-state index in [0.29, 0.717) is 6.54 Å². The molecule has 2 N–H and O–H groups in total. The first-order chi connectivity index (χ1) is 12.3. The number of thiazole rings is 1. The number of halogens is 1. The van der Waals surface area contributed by atoms with Gasteiger partial charge < -0.3 is 15.1 Å². The molecule has 5 nitrogen and oxygen atoms in total. The third-order valence-corrected chi connectivity index (χ3v) is 5.00. The van der Waals surface area contributed by atoms with E-state index in [2.05, 4.69) is 32.7 Å². The number of hydrogen-bond donors (Lipinski definition) is 2. The third-order valence-electron chi connectivity index (χ3n) is 3.80. The Hall–Kier alpha value is -1.87. The van der Waals surface area contributed by atoms with Crippen LogP contribution in [0.25, 0.3) is 10.6 Å². The molecule has 1 aromatic carbocycles. The molecule has 0 aliphatic heterocycles. The van der Waals surface area contributed by atoms with Gasteiger partial charge in [-0.15, -0.1) is 35.3 Å². The van der Waals surface area contributed by atoms with Crippen molar-refractivity contribution in [2.24, 2.45) is 4.99 Å². The van der Waals surface area contributed by atoms with Crippen LogP contribution in [0.3, 0.4) is 0 Å². The van der Waals surface area contributed by atoms with Crippen molar-refractivity contribution in [1.82, 2.24) is 15.6 Å². The second kappa shape index (κ2) is 10.3. The number of furan rings is 1. The molecule has 0 saturated heterocycles. The summed E-state index contributed by atoms with van der Waals surface area (Å²) >= 11 is 1.72. The molecule has 0 saturated carbocycles. The van der Waals surface area contributed by atoms with Crippen molar-refractivity contribution in [3.05, 3.63) is 65.1 Å². The van der Waals surface area contributed by atoms with Gasteiger partial charge in [-0.2, -0.15) is 0 Å². The maximum Gasteiger partial charge on any atom is 0.191 e. The average Bonchev–Trinajstić information content (AvgIpc) is 3.28. The lowest BCUT2D eigenvalue weighted by Crippen LogP contribution is -2.37. The van der Waals surface area contributed by atoms with Crippen LogP contribution < -0.4 is 10.6 Å². The van der Waals surface area contributed by atoms with E-state index in [1.807, 2.05) is 37.3 Å². The van der Waals surface area contributed by atoms with E-state index < -0.39 is 0 Å². The normalized spacial score (nSPS) is 11.1. The van der Waals surface area contributed by atoms with E-state index in [4.69, 9.17) is 4.42 Å². The van der Waals surface area contributed by atoms with Crippen LogP contribution in [-0.2, 0) is 13.0 Å². The largest absolute Gasteiger partial charge is 0.469 e. The first-order valence-electron chi connectivity index (χ1n) is 8.25. The topological polar surface area (TPSA) is 62.5 Å². The minimum atomic E-state index is 0. The van der Waals surface area contributed by atoms with Gasteiger partial charge in [-0.1, -0.05) is 30.3 Å². The predicted octanol–water partition coefficient (Wildman–Crippen LogP) is 4.24. The monoisotopic (exact) mass is 482 g/mol. The summed E-state index contributed by atoms with van der Waals surface area (Å²) in [6.45, 7) is 3.52. The van der Waals surface area contributed by atoms with Crippen LogP contribution in [0.5, 0.6) is 0 Å². The van der Waals surface area contributed by atoms with Gasteiger partial charge in [0.1, 0.15) is 10.8 Å². The van der Waals surface area contributed by atoms with Gasteiger partial charge in [-0.3, -0.25) is 4.99 Å². The number of nitrogens with zero attached hydrogens (tertiary/aromatic N) is 2. The van der Waals surface area contributed by atoms with Gasteiger partial charge in [0, 0.05) is 30.5 Å². The van der Waals surface area contributed by atoms with Crippen LogP contribution in [0.4, 0.5) is 0 Å². The van der Waals surface area contributed by atoms with Gasteiger partial charge in [0.05, 0.1) is 18.5 Å². The van der Waals surface area contributed by atoms with E-state index >= 15 is 0 Å². The van der Waals surface area contributed by atoms with Crippen molar-refractivity contribution in [2.75, 3.05) is 13.6 Å². The fraction of sp³-hybridized carbons (Fsp3) is 0.263. The number of guanidine groups is 1. The van der Waals surface area contributed by atoms with Crippen LogP contribution >= 0.6 is 35.3 Å². The van der Waals surface area contributed by atoms with E-state index in [-0.39, 0.29) is 24.0 Å². The van der Waals surface area contributed by atoms with Crippen LogP contribution in [0.15, 0.2) is 58.1 Å². The highest BCUT2D eigenvalue weighted by Gasteiger charge is 2.09. The van der Waals surface area contributed by atoms with Gasteiger partial charge in [0.25, 0.3) is 0 Å². The second-order valence-corrected chi connectivity index (χ2v) is 6.66. The minimum absolute atomic E-state index is 0. The summed E-state index contributed by atoms with van der Waals surface area (Å²) in [4.78, 5) is 10.2. The van der Waals surface area contributed by atoms with Crippen molar-refractivity contribution < 1.29 is 4.42 Å². The quantitative estimate of drug-likeness (QED) is 0.314. The molecule has 0 aliphatic rings. The Morgan fingerprint density at radius 1 is 1.15 bits per heavy atom. The molecule has 0 bridgehead atoms. The summed E-state index contributed by atoms with van der Waals surface area (Å²) in [7, 11) is 1.77. The molecular formula is C19H23IN4OS. The summed E-state index contributed by atoms with van der Waals surface area (Å²) in [5.41, 5.74) is 2.21. The molecule has 0 radical (unpaired) electrons. The highest BCUT2D eigenvalue weighted by Crippen LogP contribution is 2.27. The maximum absolute atomic E-state index is 5.33. The summed E-state index contributed by atoms with van der Waals surface area (Å²) in [6.07, 6.45) is 2.52. The highest BCUT2D eigenvalue weighted by molar-refractivity contribution is 14.0.